The second kappa shape index (κ2) is 12.4. The number of thioether (sulfide) groups is 1. The third-order valence-electron chi connectivity index (χ3n) is 6.50. The molecule has 2 heterocycles. The van der Waals surface area contributed by atoms with Gasteiger partial charge in [0.15, 0.2) is 11.0 Å². The molecule has 2 amide bonds. The molecule has 3 aromatic carbocycles. The zero-order valence-electron chi connectivity index (χ0n) is 23.0. The molecule has 0 bridgehead atoms. The Hall–Kier alpha value is -4.52. The van der Waals surface area contributed by atoms with Crippen molar-refractivity contribution in [3.63, 3.8) is 0 Å². The molecule has 13 heteroatoms. The number of nitrogens with zero attached hydrogens (tertiary/aromatic N) is 5. The van der Waals surface area contributed by atoms with Crippen molar-refractivity contribution in [2.45, 2.75) is 39.0 Å². The van der Waals surface area contributed by atoms with Crippen LogP contribution < -0.4 is 9.64 Å². The highest BCUT2D eigenvalue weighted by atomic mass is 32.2. The first-order valence-electron chi connectivity index (χ1n) is 13.2. The summed E-state index contributed by atoms with van der Waals surface area (Å²) in [5.41, 5.74) is 3.28. The number of carbonyl (C=O) groups excluding carboxylic acids is 2. The van der Waals surface area contributed by atoms with Gasteiger partial charge in [0.25, 0.3) is 0 Å². The lowest BCUT2D eigenvalue weighted by Gasteiger charge is -2.21. The highest BCUT2D eigenvalue weighted by molar-refractivity contribution is 8.15. The molecule has 1 saturated heterocycles. The number of hydrogen-bond acceptors (Lipinski definition) is 6. The van der Waals surface area contributed by atoms with Gasteiger partial charge in [-0.3, -0.25) is 14.5 Å². The maximum absolute atomic E-state index is 13.9. The molecule has 43 heavy (non-hydrogen) atoms. The number of hydrogen-bond donors (Lipinski definition) is 0. The van der Waals surface area contributed by atoms with E-state index in [1.807, 2.05) is 26.0 Å². The Kier molecular flexibility index (Phi) is 8.62. The fraction of sp³-hybridized carbons (Fsp3) is 0.233. The number of aromatic nitrogens is 3. The van der Waals surface area contributed by atoms with E-state index in [-0.39, 0.29) is 40.8 Å². The molecule has 1 aromatic heterocycles. The summed E-state index contributed by atoms with van der Waals surface area (Å²) in [6, 6.07) is 16.8. The van der Waals surface area contributed by atoms with Gasteiger partial charge in [0.05, 0.1) is 17.1 Å². The highest BCUT2D eigenvalue weighted by Gasteiger charge is 2.33. The molecule has 1 aliphatic heterocycles. The van der Waals surface area contributed by atoms with E-state index in [0.29, 0.717) is 34.7 Å². The van der Waals surface area contributed by atoms with Crippen molar-refractivity contribution in [1.29, 1.82) is 0 Å². The standard InChI is InChI=1S/C30H25F4N5O3S/c1-18(2)24-15-21(31)8-13-25(24)39-27(41)16-43-29(39)36-26(40)14-5-19-3-6-20(7-4-19)28-35-17-38(37-28)22-9-11-23(12-10-22)42-30(32,33)34/h3-4,6-13,15,17-18H,5,14,16H2,1-2H3. The van der Waals surface area contributed by atoms with E-state index in [2.05, 4.69) is 19.8 Å². The second-order valence-corrected chi connectivity index (χ2v) is 10.9. The minimum atomic E-state index is -4.77. The largest absolute Gasteiger partial charge is 0.573 e. The van der Waals surface area contributed by atoms with Gasteiger partial charge in [-0.25, -0.2) is 14.1 Å². The zero-order chi connectivity index (χ0) is 30.7. The molecule has 0 radical (unpaired) electrons. The lowest BCUT2D eigenvalue weighted by Crippen LogP contribution is -2.31. The molecule has 8 nitrogen and oxygen atoms in total. The van der Waals surface area contributed by atoms with Crippen molar-refractivity contribution in [2.75, 3.05) is 10.7 Å². The molecule has 0 unspecified atom stereocenters. The third-order valence-corrected chi connectivity index (χ3v) is 7.43. The third kappa shape index (κ3) is 7.28. The summed E-state index contributed by atoms with van der Waals surface area (Å²) in [5.74, 6) is -0.821. The van der Waals surface area contributed by atoms with E-state index in [1.165, 1.54) is 70.1 Å². The summed E-state index contributed by atoms with van der Waals surface area (Å²) in [4.78, 5) is 35.3. The number of alkyl halides is 3. The van der Waals surface area contributed by atoms with Gasteiger partial charge in [0.2, 0.25) is 11.8 Å². The molecule has 0 spiro atoms. The normalized spacial score (nSPS) is 14.6. The summed E-state index contributed by atoms with van der Waals surface area (Å²) in [6.45, 7) is 3.81. The van der Waals surface area contributed by atoms with Gasteiger partial charge in [0, 0.05) is 12.0 Å². The molecule has 0 aliphatic carbocycles. The Morgan fingerprint density at radius 3 is 2.47 bits per heavy atom. The highest BCUT2D eigenvalue weighted by Crippen LogP contribution is 2.34. The number of ether oxygens (including phenoxy) is 1. The van der Waals surface area contributed by atoms with Crippen LogP contribution in [0.4, 0.5) is 23.2 Å². The minimum absolute atomic E-state index is 0.0405. The maximum Gasteiger partial charge on any atom is 0.573 e. The van der Waals surface area contributed by atoms with E-state index in [9.17, 15) is 27.2 Å². The summed E-state index contributed by atoms with van der Waals surface area (Å²) in [7, 11) is 0. The van der Waals surface area contributed by atoms with Gasteiger partial charge < -0.3 is 4.74 Å². The summed E-state index contributed by atoms with van der Waals surface area (Å²) in [5, 5.41) is 4.67. The number of carbonyl (C=O) groups is 2. The SMILES string of the molecule is CC(C)c1cc(F)ccc1N1C(=O)CSC1=NC(=O)CCc1ccc(-c2ncn(-c3ccc(OC(F)(F)F)cc3)n2)cc1. The van der Waals surface area contributed by atoms with Gasteiger partial charge in [-0.2, -0.15) is 4.99 Å². The van der Waals surface area contributed by atoms with E-state index in [1.54, 1.807) is 12.1 Å². The Morgan fingerprint density at radius 2 is 1.79 bits per heavy atom. The number of anilines is 1. The van der Waals surface area contributed by atoms with Crippen molar-refractivity contribution >= 4 is 34.4 Å². The van der Waals surface area contributed by atoms with Crippen LogP contribution in [0.2, 0.25) is 0 Å². The molecular weight excluding hydrogens is 586 g/mol. The van der Waals surface area contributed by atoms with Crippen LogP contribution in [0.15, 0.2) is 78.0 Å². The predicted octanol–water partition coefficient (Wildman–Crippen LogP) is 6.69. The molecule has 0 atom stereocenters. The van der Waals surface area contributed by atoms with Crippen molar-refractivity contribution in [3.05, 3.63) is 90.0 Å². The van der Waals surface area contributed by atoms with Crippen LogP contribution in [0.25, 0.3) is 17.1 Å². The number of amides is 2. The summed E-state index contributed by atoms with van der Waals surface area (Å²) < 4.78 is 56.4. The Bertz CT molecular complexity index is 1670. The van der Waals surface area contributed by atoms with E-state index < -0.39 is 12.2 Å². The number of halogens is 4. The first-order valence-corrected chi connectivity index (χ1v) is 14.2. The lowest BCUT2D eigenvalue weighted by atomic mass is 10.0. The average Bonchev–Trinajstić information content (AvgIpc) is 3.59. The van der Waals surface area contributed by atoms with Crippen LogP contribution in [-0.4, -0.2) is 43.9 Å². The second-order valence-electron chi connectivity index (χ2n) is 9.92. The zero-order valence-corrected chi connectivity index (χ0v) is 23.8. The van der Waals surface area contributed by atoms with Crippen LogP contribution in [0.1, 0.15) is 37.3 Å². The van der Waals surface area contributed by atoms with E-state index >= 15 is 0 Å². The molecule has 0 saturated carbocycles. The van der Waals surface area contributed by atoms with Crippen LogP contribution in [0.3, 0.4) is 0 Å². The quantitative estimate of drug-likeness (QED) is 0.206. The summed E-state index contributed by atoms with van der Waals surface area (Å²) >= 11 is 1.18. The van der Waals surface area contributed by atoms with Crippen LogP contribution in [0.5, 0.6) is 5.75 Å². The van der Waals surface area contributed by atoms with Crippen LogP contribution >= 0.6 is 11.8 Å². The van der Waals surface area contributed by atoms with Crippen molar-refractivity contribution in [3.8, 4) is 22.8 Å². The van der Waals surface area contributed by atoms with Gasteiger partial charge in [-0.15, -0.1) is 18.3 Å². The topological polar surface area (TPSA) is 89.7 Å². The first kappa shape index (κ1) is 30.0. The maximum atomic E-state index is 13.9. The Balaban J connectivity index is 1.22. The smallest absolute Gasteiger partial charge is 0.406 e. The first-order chi connectivity index (χ1) is 20.5. The van der Waals surface area contributed by atoms with Gasteiger partial charge in [-0.05, 0) is 65.9 Å². The molecule has 0 N–H and O–H groups in total. The van der Waals surface area contributed by atoms with E-state index in [4.69, 9.17) is 0 Å². The number of rotatable bonds is 8. The van der Waals surface area contributed by atoms with Gasteiger partial charge in [-0.1, -0.05) is 49.9 Å². The fourth-order valence-electron chi connectivity index (χ4n) is 4.43. The monoisotopic (exact) mass is 611 g/mol. The molecule has 1 aliphatic rings. The minimum Gasteiger partial charge on any atom is -0.406 e. The number of aryl methyl sites for hydroxylation is 1. The van der Waals surface area contributed by atoms with Crippen molar-refractivity contribution in [2.24, 2.45) is 4.99 Å². The fourth-order valence-corrected chi connectivity index (χ4v) is 5.31. The van der Waals surface area contributed by atoms with Gasteiger partial charge >= 0.3 is 6.36 Å². The average molecular weight is 612 g/mol. The Morgan fingerprint density at radius 1 is 1.07 bits per heavy atom. The predicted molar refractivity (Wildman–Crippen MR) is 155 cm³/mol. The summed E-state index contributed by atoms with van der Waals surface area (Å²) in [6.07, 6.45) is -2.79. The Labute approximate surface area is 248 Å². The van der Waals surface area contributed by atoms with Gasteiger partial charge in [0.1, 0.15) is 17.9 Å². The molecule has 1 fully saturated rings. The van der Waals surface area contributed by atoms with Crippen molar-refractivity contribution < 1.29 is 31.9 Å². The molecule has 5 rings (SSSR count). The number of aliphatic imine (C=N–C) groups is 1. The lowest BCUT2D eigenvalue weighted by molar-refractivity contribution is -0.274. The number of benzene rings is 3. The van der Waals surface area contributed by atoms with Crippen molar-refractivity contribution in [1.82, 2.24) is 14.8 Å². The molecule has 222 valence electrons. The molecule has 4 aromatic rings. The van der Waals surface area contributed by atoms with Crippen LogP contribution in [0, 0.1) is 5.82 Å². The van der Waals surface area contributed by atoms with Crippen LogP contribution in [-0.2, 0) is 16.0 Å². The van der Waals surface area contributed by atoms with E-state index in [0.717, 1.165) is 5.56 Å². The number of amidine groups is 1. The molecular formula is C30H25F4N5O3S.